The molecule has 0 heterocycles. The second kappa shape index (κ2) is 9.92. The van der Waals surface area contributed by atoms with E-state index in [9.17, 15) is 9.59 Å². The normalized spacial score (nSPS) is 15.1. The molecule has 2 aromatic rings. The number of carbonyl (C=O) groups is 2. The average Bonchev–Trinajstić information content (AvgIpc) is 3.51. The number of hydrogen-bond donors (Lipinski definition) is 3. The van der Waals surface area contributed by atoms with Gasteiger partial charge in [-0.3, -0.25) is 9.59 Å². The lowest BCUT2D eigenvalue weighted by molar-refractivity contribution is -0.120. The number of benzene rings is 2. The Balaban J connectivity index is 0.00000280. The number of hydrogen-bond acceptors (Lipinski definition) is 3. The number of nitrogens with two attached hydrogens (primary N) is 1. The maximum absolute atomic E-state index is 12.7. The van der Waals surface area contributed by atoms with Gasteiger partial charge in [-0.05, 0) is 42.5 Å². The smallest absolute Gasteiger partial charge is 0.253 e. The minimum atomic E-state index is -0.467. The lowest BCUT2D eigenvalue weighted by Crippen LogP contribution is -2.32. The zero-order valence-corrected chi connectivity index (χ0v) is 17.2. The van der Waals surface area contributed by atoms with Crippen LogP contribution in [0, 0.1) is 11.8 Å². The molecule has 5 nitrogen and oxygen atoms in total. The van der Waals surface area contributed by atoms with Crippen LogP contribution in [0.25, 0.3) is 0 Å². The fourth-order valence-electron chi connectivity index (χ4n) is 2.84. The molecule has 1 aliphatic carbocycles. The molecule has 2 unspecified atom stereocenters. The molecular formula is C21H25Cl2N3O2. The minimum Gasteiger partial charge on any atom is -0.352 e. The summed E-state index contributed by atoms with van der Waals surface area (Å²) in [6.07, 6.45) is 2.29. The maximum atomic E-state index is 12.7. The van der Waals surface area contributed by atoms with Crippen molar-refractivity contribution < 1.29 is 9.59 Å². The fraction of sp³-hybridized carbons (Fsp3) is 0.333. The van der Waals surface area contributed by atoms with Gasteiger partial charge in [-0.1, -0.05) is 48.9 Å². The monoisotopic (exact) mass is 421 g/mol. The van der Waals surface area contributed by atoms with Crippen molar-refractivity contribution in [3.8, 4) is 0 Å². The summed E-state index contributed by atoms with van der Waals surface area (Å²) >= 11 is 6.05. The number of halogens is 2. The second-order valence-corrected chi connectivity index (χ2v) is 7.49. The molecule has 0 bridgehead atoms. The number of nitrogens with one attached hydrogen (secondary N) is 2. The highest BCUT2D eigenvalue weighted by molar-refractivity contribution is 6.31. The molecule has 1 saturated carbocycles. The summed E-state index contributed by atoms with van der Waals surface area (Å²) in [4.78, 5) is 25.2. The van der Waals surface area contributed by atoms with Crippen LogP contribution in [-0.4, -0.2) is 18.4 Å². The first-order valence-electron chi connectivity index (χ1n) is 9.15. The number of rotatable bonds is 7. The van der Waals surface area contributed by atoms with Crippen molar-refractivity contribution in [2.24, 2.45) is 17.6 Å². The van der Waals surface area contributed by atoms with Crippen LogP contribution in [0.5, 0.6) is 0 Å². The first-order valence-corrected chi connectivity index (χ1v) is 9.52. The second-order valence-electron chi connectivity index (χ2n) is 7.06. The van der Waals surface area contributed by atoms with E-state index in [1.165, 1.54) is 0 Å². The molecule has 0 radical (unpaired) electrons. The van der Waals surface area contributed by atoms with Crippen LogP contribution in [0.3, 0.4) is 0 Å². The Hall–Kier alpha value is -2.08. The van der Waals surface area contributed by atoms with Gasteiger partial charge in [0, 0.05) is 17.6 Å². The molecule has 2 aromatic carbocycles. The standard InChI is InChI=1S/C21H24ClN3O2.ClH/c1-13(19(23)15-5-3-2-4-6-15)20(26)25-18-10-9-16(22)11-17(18)21(27)24-12-14-7-8-14;/h2-6,9-11,13-14,19H,7-8,12,23H2,1H3,(H,24,27)(H,25,26);1H. The van der Waals surface area contributed by atoms with E-state index in [1.54, 1.807) is 25.1 Å². The Morgan fingerprint density at radius 1 is 1.18 bits per heavy atom. The van der Waals surface area contributed by atoms with Crippen molar-refractivity contribution in [3.05, 3.63) is 64.7 Å². The van der Waals surface area contributed by atoms with E-state index in [-0.39, 0.29) is 24.2 Å². The van der Waals surface area contributed by atoms with E-state index >= 15 is 0 Å². The first-order chi connectivity index (χ1) is 13.0. The largest absolute Gasteiger partial charge is 0.352 e. The van der Waals surface area contributed by atoms with Gasteiger partial charge in [0.1, 0.15) is 0 Å². The highest BCUT2D eigenvalue weighted by atomic mass is 35.5. The first kappa shape index (κ1) is 22.2. The summed E-state index contributed by atoms with van der Waals surface area (Å²) in [5, 5.41) is 6.18. The van der Waals surface area contributed by atoms with E-state index in [2.05, 4.69) is 10.6 Å². The molecule has 1 fully saturated rings. The van der Waals surface area contributed by atoms with E-state index in [1.807, 2.05) is 30.3 Å². The Labute approximate surface area is 176 Å². The third kappa shape index (κ3) is 5.71. The Bertz CT molecular complexity index is 826. The molecular weight excluding hydrogens is 397 g/mol. The minimum absolute atomic E-state index is 0. The zero-order valence-electron chi connectivity index (χ0n) is 15.7. The molecule has 0 saturated heterocycles. The summed E-state index contributed by atoms with van der Waals surface area (Å²) in [6, 6.07) is 13.9. The molecule has 0 aliphatic heterocycles. The van der Waals surface area contributed by atoms with Crippen molar-refractivity contribution in [1.82, 2.24) is 5.32 Å². The van der Waals surface area contributed by atoms with Crippen LogP contribution in [0.1, 0.15) is 41.7 Å². The van der Waals surface area contributed by atoms with Gasteiger partial charge in [-0.25, -0.2) is 0 Å². The predicted octanol–water partition coefficient (Wildman–Crippen LogP) is 4.18. The van der Waals surface area contributed by atoms with Crippen molar-refractivity contribution in [1.29, 1.82) is 0 Å². The van der Waals surface area contributed by atoms with E-state index < -0.39 is 12.0 Å². The van der Waals surface area contributed by atoms with E-state index in [0.29, 0.717) is 28.7 Å². The molecule has 3 rings (SSSR count). The van der Waals surface area contributed by atoms with Crippen molar-refractivity contribution in [3.63, 3.8) is 0 Å². The Morgan fingerprint density at radius 3 is 2.50 bits per heavy atom. The summed E-state index contributed by atoms with van der Waals surface area (Å²) in [6.45, 7) is 2.42. The van der Waals surface area contributed by atoms with Gasteiger partial charge in [-0.2, -0.15) is 0 Å². The predicted molar refractivity (Wildman–Crippen MR) is 115 cm³/mol. The summed E-state index contributed by atoms with van der Waals surface area (Å²) in [5.74, 6) is -0.384. The van der Waals surface area contributed by atoms with E-state index in [0.717, 1.165) is 18.4 Å². The van der Waals surface area contributed by atoms with Crippen LogP contribution in [0.2, 0.25) is 5.02 Å². The van der Waals surface area contributed by atoms with Crippen LogP contribution >= 0.6 is 24.0 Å². The van der Waals surface area contributed by atoms with Gasteiger partial charge in [0.15, 0.2) is 0 Å². The van der Waals surface area contributed by atoms with Crippen LogP contribution in [0.4, 0.5) is 5.69 Å². The van der Waals surface area contributed by atoms with Crippen LogP contribution < -0.4 is 16.4 Å². The molecule has 150 valence electrons. The van der Waals surface area contributed by atoms with Crippen molar-refractivity contribution in [2.75, 3.05) is 11.9 Å². The fourth-order valence-corrected chi connectivity index (χ4v) is 3.01. The number of anilines is 1. The average molecular weight is 422 g/mol. The number of amides is 2. The summed E-state index contributed by atoms with van der Waals surface area (Å²) < 4.78 is 0. The summed E-state index contributed by atoms with van der Waals surface area (Å²) in [7, 11) is 0. The van der Waals surface area contributed by atoms with Gasteiger partial charge in [0.2, 0.25) is 5.91 Å². The number of carbonyl (C=O) groups excluding carboxylic acids is 2. The lowest BCUT2D eigenvalue weighted by Gasteiger charge is -2.21. The molecule has 4 N–H and O–H groups in total. The lowest BCUT2D eigenvalue weighted by atomic mass is 9.94. The molecule has 0 aromatic heterocycles. The van der Waals surface area contributed by atoms with Gasteiger partial charge < -0.3 is 16.4 Å². The van der Waals surface area contributed by atoms with E-state index in [4.69, 9.17) is 17.3 Å². The highest BCUT2D eigenvalue weighted by Gasteiger charge is 2.25. The van der Waals surface area contributed by atoms with Gasteiger partial charge in [-0.15, -0.1) is 12.4 Å². The highest BCUT2D eigenvalue weighted by Crippen LogP contribution is 2.28. The topological polar surface area (TPSA) is 84.2 Å². The molecule has 28 heavy (non-hydrogen) atoms. The maximum Gasteiger partial charge on any atom is 0.253 e. The SMILES string of the molecule is CC(C(=O)Nc1ccc(Cl)cc1C(=O)NCC1CC1)C(N)c1ccccc1.Cl. The van der Waals surface area contributed by atoms with Crippen LogP contribution in [0.15, 0.2) is 48.5 Å². The molecule has 0 spiro atoms. The summed E-state index contributed by atoms with van der Waals surface area (Å²) in [5.41, 5.74) is 7.92. The van der Waals surface area contributed by atoms with Crippen molar-refractivity contribution >= 4 is 41.5 Å². The van der Waals surface area contributed by atoms with Crippen LogP contribution in [-0.2, 0) is 4.79 Å². The zero-order chi connectivity index (χ0) is 19.4. The third-order valence-electron chi connectivity index (χ3n) is 4.87. The molecule has 2 amide bonds. The quantitative estimate of drug-likeness (QED) is 0.626. The van der Waals surface area contributed by atoms with Gasteiger partial charge in [0.05, 0.1) is 17.2 Å². The van der Waals surface area contributed by atoms with Gasteiger partial charge in [0.25, 0.3) is 5.91 Å². The molecule has 7 heteroatoms. The van der Waals surface area contributed by atoms with Gasteiger partial charge >= 0.3 is 0 Å². The molecule has 2 atom stereocenters. The third-order valence-corrected chi connectivity index (χ3v) is 5.10. The molecule has 1 aliphatic rings. The van der Waals surface area contributed by atoms with Crippen molar-refractivity contribution in [2.45, 2.75) is 25.8 Å². The Morgan fingerprint density at radius 2 is 1.86 bits per heavy atom. The Kier molecular flexibility index (Phi) is 7.87.